The molecule has 1 amide bonds. The number of nitrogens with one attached hydrogen (secondary N) is 2. The number of methoxy groups -OCH3 is 1. The zero-order chi connectivity index (χ0) is 23.6. The first-order chi connectivity index (χ1) is 15.8. The molecule has 4 rings (SSSR count). The lowest BCUT2D eigenvalue weighted by molar-refractivity contribution is 0.102. The number of furan rings is 1. The zero-order valence-electron chi connectivity index (χ0n) is 18.1. The number of hydrogen-bond acceptors (Lipinski definition) is 7. The van der Waals surface area contributed by atoms with Gasteiger partial charge in [0.2, 0.25) is 0 Å². The van der Waals surface area contributed by atoms with E-state index in [4.69, 9.17) is 9.15 Å². The number of para-hydroxylation sites is 2. The number of hydrogen-bond donors (Lipinski definition) is 2. The van der Waals surface area contributed by atoms with Gasteiger partial charge in [0.25, 0.3) is 15.9 Å². The summed E-state index contributed by atoms with van der Waals surface area (Å²) in [6.07, 6.45) is 0. The molecule has 0 aliphatic carbocycles. The van der Waals surface area contributed by atoms with E-state index in [9.17, 15) is 13.2 Å². The van der Waals surface area contributed by atoms with Crippen LogP contribution in [0.5, 0.6) is 5.75 Å². The van der Waals surface area contributed by atoms with Crippen molar-refractivity contribution in [2.45, 2.75) is 18.7 Å². The third-order valence-electron chi connectivity index (χ3n) is 4.82. The van der Waals surface area contributed by atoms with Crippen molar-refractivity contribution in [2.24, 2.45) is 0 Å². The van der Waals surface area contributed by atoms with Crippen molar-refractivity contribution in [3.05, 3.63) is 77.1 Å². The smallest absolute Gasteiger partial charge is 0.262 e. The summed E-state index contributed by atoms with van der Waals surface area (Å²) < 4.78 is 38.7. The predicted molar refractivity (Wildman–Crippen MR) is 127 cm³/mol. The van der Waals surface area contributed by atoms with E-state index in [1.54, 1.807) is 24.3 Å². The number of ether oxygens (including phenoxy) is 1. The van der Waals surface area contributed by atoms with E-state index in [1.165, 1.54) is 42.7 Å². The van der Waals surface area contributed by atoms with E-state index in [0.717, 1.165) is 17.1 Å². The summed E-state index contributed by atoms with van der Waals surface area (Å²) in [6, 6.07) is 14.2. The van der Waals surface area contributed by atoms with Crippen LogP contribution in [-0.4, -0.2) is 26.4 Å². The SMILES string of the molecule is COc1ccccc1NS(=O)(=O)c1ccc(C(=O)Nc2nc(-c3cc(C)oc3C)cs2)cc1. The van der Waals surface area contributed by atoms with Gasteiger partial charge in [0, 0.05) is 16.5 Å². The van der Waals surface area contributed by atoms with Crippen LogP contribution in [-0.2, 0) is 10.0 Å². The van der Waals surface area contributed by atoms with Crippen LogP contribution in [0.15, 0.2) is 69.3 Å². The average Bonchev–Trinajstić information content (AvgIpc) is 3.39. The highest BCUT2D eigenvalue weighted by Crippen LogP contribution is 2.30. The number of aromatic nitrogens is 1. The Bertz CT molecular complexity index is 1410. The number of anilines is 2. The molecule has 0 unspecified atom stereocenters. The summed E-state index contributed by atoms with van der Waals surface area (Å²) in [5.74, 6) is 1.56. The molecule has 0 saturated carbocycles. The number of rotatable bonds is 7. The molecule has 170 valence electrons. The Kier molecular flexibility index (Phi) is 6.21. The van der Waals surface area contributed by atoms with E-state index in [2.05, 4.69) is 15.0 Å². The van der Waals surface area contributed by atoms with Gasteiger partial charge in [-0.05, 0) is 56.3 Å². The van der Waals surface area contributed by atoms with Gasteiger partial charge in [0.1, 0.15) is 17.3 Å². The van der Waals surface area contributed by atoms with Crippen LogP contribution in [0.3, 0.4) is 0 Å². The van der Waals surface area contributed by atoms with Crippen LogP contribution in [0.25, 0.3) is 11.3 Å². The van der Waals surface area contributed by atoms with Crippen LogP contribution in [0.4, 0.5) is 10.8 Å². The Morgan fingerprint density at radius 1 is 1.09 bits per heavy atom. The van der Waals surface area contributed by atoms with Gasteiger partial charge in [0.15, 0.2) is 5.13 Å². The van der Waals surface area contributed by atoms with E-state index >= 15 is 0 Å². The summed E-state index contributed by atoms with van der Waals surface area (Å²) in [4.78, 5) is 17.1. The first-order valence-electron chi connectivity index (χ1n) is 9.87. The van der Waals surface area contributed by atoms with Crippen LogP contribution >= 0.6 is 11.3 Å². The Morgan fingerprint density at radius 2 is 1.82 bits per heavy atom. The summed E-state index contributed by atoms with van der Waals surface area (Å²) >= 11 is 1.29. The lowest BCUT2D eigenvalue weighted by atomic mass is 10.2. The van der Waals surface area contributed by atoms with Crippen LogP contribution in [0.1, 0.15) is 21.9 Å². The highest BCUT2D eigenvalue weighted by Gasteiger charge is 2.18. The maximum absolute atomic E-state index is 12.7. The van der Waals surface area contributed by atoms with Crippen molar-refractivity contribution in [1.82, 2.24) is 4.98 Å². The fourth-order valence-electron chi connectivity index (χ4n) is 3.23. The summed E-state index contributed by atoms with van der Waals surface area (Å²) in [5, 5.41) is 5.02. The van der Waals surface area contributed by atoms with Gasteiger partial charge in [-0.15, -0.1) is 11.3 Å². The van der Waals surface area contributed by atoms with Gasteiger partial charge < -0.3 is 9.15 Å². The summed E-state index contributed by atoms with van der Waals surface area (Å²) in [6.45, 7) is 3.72. The fourth-order valence-corrected chi connectivity index (χ4v) is 5.00. The molecule has 10 heteroatoms. The minimum atomic E-state index is -3.86. The zero-order valence-corrected chi connectivity index (χ0v) is 19.7. The minimum Gasteiger partial charge on any atom is -0.495 e. The molecule has 2 aromatic carbocycles. The molecule has 2 heterocycles. The molecule has 0 radical (unpaired) electrons. The average molecular weight is 484 g/mol. The van der Waals surface area contributed by atoms with Crippen molar-refractivity contribution >= 4 is 38.1 Å². The molecule has 2 N–H and O–H groups in total. The second-order valence-electron chi connectivity index (χ2n) is 7.15. The Hall–Kier alpha value is -3.63. The molecule has 0 fully saturated rings. The molecule has 2 aromatic heterocycles. The Labute approximate surface area is 195 Å². The van der Waals surface area contributed by atoms with Crippen molar-refractivity contribution in [3.63, 3.8) is 0 Å². The van der Waals surface area contributed by atoms with Crippen LogP contribution in [0, 0.1) is 13.8 Å². The first kappa shape index (κ1) is 22.6. The molecule has 0 atom stereocenters. The quantitative estimate of drug-likeness (QED) is 0.379. The molecule has 0 bridgehead atoms. The number of aryl methyl sites for hydroxylation is 2. The maximum atomic E-state index is 12.7. The topological polar surface area (TPSA) is 111 Å². The number of thiazole rings is 1. The number of sulfonamides is 1. The second-order valence-corrected chi connectivity index (χ2v) is 9.69. The monoisotopic (exact) mass is 483 g/mol. The number of benzene rings is 2. The van der Waals surface area contributed by atoms with E-state index in [-0.39, 0.29) is 4.90 Å². The fraction of sp³-hybridized carbons (Fsp3) is 0.130. The molecule has 0 saturated heterocycles. The van der Waals surface area contributed by atoms with Gasteiger partial charge in [-0.25, -0.2) is 13.4 Å². The number of carbonyl (C=O) groups is 1. The minimum absolute atomic E-state index is 0.0206. The lowest BCUT2D eigenvalue weighted by Gasteiger charge is -2.12. The van der Waals surface area contributed by atoms with Crippen LogP contribution < -0.4 is 14.8 Å². The molecule has 33 heavy (non-hydrogen) atoms. The molecular formula is C23H21N3O5S2. The van der Waals surface area contributed by atoms with Crippen molar-refractivity contribution in [2.75, 3.05) is 17.1 Å². The number of carbonyl (C=O) groups excluding carboxylic acids is 1. The van der Waals surface area contributed by atoms with Gasteiger partial charge in [-0.3, -0.25) is 14.8 Å². The van der Waals surface area contributed by atoms with Gasteiger partial charge in [0.05, 0.1) is 23.4 Å². The van der Waals surface area contributed by atoms with Gasteiger partial charge >= 0.3 is 0 Å². The maximum Gasteiger partial charge on any atom is 0.262 e. The predicted octanol–water partition coefficient (Wildman–Crippen LogP) is 5.08. The third kappa shape index (κ3) is 4.91. The first-order valence-corrected chi connectivity index (χ1v) is 12.2. The molecule has 0 spiro atoms. The van der Waals surface area contributed by atoms with Gasteiger partial charge in [-0.2, -0.15) is 0 Å². The molecule has 8 nitrogen and oxygen atoms in total. The lowest BCUT2D eigenvalue weighted by Crippen LogP contribution is -2.15. The number of amides is 1. The molecular weight excluding hydrogens is 462 g/mol. The van der Waals surface area contributed by atoms with Gasteiger partial charge in [-0.1, -0.05) is 12.1 Å². The highest BCUT2D eigenvalue weighted by atomic mass is 32.2. The van der Waals surface area contributed by atoms with Crippen molar-refractivity contribution < 1.29 is 22.4 Å². The van der Waals surface area contributed by atoms with E-state index in [1.807, 2.05) is 25.3 Å². The third-order valence-corrected chi connectivity index (χ3v) is 6.96. The molecule has 4 aromatic rings. The summed E-state index contributed by atoms with van der Waals surface area (Å²) in [7, 11) is -2.40. The number of nitrogens with zero attached hydrogens (tertiary/aromatic N) is 1. The van der Waals surface area contributed by atoms with E-state index < -0.39 is 15.9 Å². The highest BCUT2D eigenvalue weighted by molar-refractivity contribution is 7.92. The normalized spacial score (nSPS) is 11.2. The standard InChI is InChI=1S/C23H21N3O5S2/c1-14-12-18(15(2)31-14)20-13-32-23(24-20)25-22(27)16-8-10-17(11-9-16)33(28,29)26-19-6-4-5-7-21(19)30-3/h4-13,26H,1-3H3,(H,24,25,27). The molecule has 0 aliphatic rings. The Morgan fingerprint density at radius 3 is 2.48 bits per heavy atom. The second kappa shape index (κ2) is 9.08. The van der Waals surface area contributed by atoms with Crippen LogP contribution in [0.2, 0.25) is 0 Å². The van der Waals surface area contributed by atoms with Crippen molar-refractivity contribution in [1.29, 1.82) is 0 Å². The summed E-state index contributed by atoms with van der Waals surface area (Å²) in [5.41, 5.74) is 2.22. The van der Waals surface area contributed by atoms with Crippen molar-refractivity contribution in [3.8, 4) is 17.0 Å². The Balaban J connectivity index is 1.47. The largest absolute Gasteiger partial charge is 0.495 e. The van der Waals surface area contributed by atoms with E-state index in [0.29, 0.717) is 27.8 Å². The molecule has 0 aliphatic heterocycles.